The summed E-state index contributed by atoms with van der Waals surface area (Å²) in [6.07, 6.45) is 9.03. The van der Waals surface area contributed by atoms with Crippen molar-refractivity contribution < 1.29 is 4.79 Å². The van der Waals surface area contributed by atoms with E-state index in [2.05, 4.69) is 70.5 Å². The predicted molar refractivity (Wildman–Crippen MR) is 128 cm³/mol. The van der Waals surface area contributed by atoms with E-state index in [0.29, 0.717) is 17.6 Å². The van der Waals surface area contributed by atoms with Gasteiger partial charge in [0.25, 0.3) is 5.91 Å². The zero-order valence-corrected chi connectivity index (χ0v) is 19.5. The van der Waals surface area contributed by atoms with Gasteiger partial charge in [-0.1, -0.05) is 20.8 Å². The molecule has 3 aliphatic rings. The van der Waals surface area contributed by atoms with Crippen molar-refractivity contribution in [2.24, 2.45) is 16.7 Å². The van der Waals surface area contributed by atoms with Crippen LogP contribution in [0.15, 0.2) is 36.5 Å². The predicted octanol–water partition coefficient (Wildman–Crippen LogP) is 5.16. The van der Waals surface area contributed by atoms with Crippen LogP contribution in [0.25, 0.3) is 0 Å². The normalized spacial score (nSPS) is 28.5. The van der Waals surface area contributed by atoms with Gasteiger partial charge in [-0.15, -0.1) is 0 Å². The van der Waals surface area contributed by atoms with Crippen molar-refractivity contribution in [3.63, 3.8) is 0 Å². The van der Waals surface area contributed by atoms with Crippen LogP contribution >= 0.6 is 0 Å². The maximum absolute atomic E-state index is 13.0. The summed E-state index contributed by atoms with van der Waals surface area (Å²) in [5.41, 5.74) is 3.01. The lowest BCUT2D eigenvalue weighted by Gasteiger charge is -2.39. The number of hydrogen-bond donors (Lipinski definition) is 2. The molecule has 1 aromatic heterocycles. The quantitative estimate of drug-likeness (QED) is 0.682. The monoisotopic (exact) mass is 433 g/mol. The molecule has 2 aliphatic carbocycles. The van der Waals surface area contributed by atoms with Crippen LogP contribution in [0.3, 0.4) is 0 Å². The molecular formula is C26H35N5O. The van der Waals surface area contributed by atoms with Gasteiger partial charge in [-0.2, -0.15) is 0 Å². The molecule has 3 fully saturated rings. The SMILES string of the molecule is CC1(C)C2CCC1(C)C(NC(=O)c1ccnc(Nc3ccc(N4CCCCC4)cc3)n1)C2. The maximum atomic E-state index is 13.0. The van der Waals surface area contributed by atoms with E-state index in [1.165, 1.54) is 37.8 Å². The van der Waals surface area contributed by atoms with E-state index in [4.69, 9.17) is 0 Å². The van der Waals surface area contributed by atoms with Crippen LogP contribution in [0, 0.1) is 16.7 Å². The Balaban J connectivity index is 1.24. The summed E-state index contributed by atoms with van der Waals surface area (Å²) in [7, 11) is 0. The van der Waals surface area contributed by atoms with Gasteiger partial charge in [-0.3, -0.25) is 4.79 Å². The van der Waals surface area contributed by atoms with Gasteiger partial charge in [-0.25, -0.2) is 9.97 Å². The third-order valence-corrected chi connectivity index (χ3v) is 8.83. The van der Waals surface area contributed by atoms with Crippen LogP contribution < -0.4 is 15.5 Å². The minimum absolute atomic E-state index is 0.106. The minimum Gasteiger partial charge on any atom is -0.372 e. The van der Waals surface area contributed by atoms with Gasteiger partial charge in [0.1, 0.15) is 5.69 Å². The Morgan fingerprint density at radius 3 is 2.47 bits per heavy atom. The molecule has 170 valence electrons. The highest BCUT2D eigenvalue weighted by Gasteiger charge is 2.61. The number of nitrogens with one attached hydrogen (secondary N) is 2. The lowest BCUT2D eigenvalue weighted by atomic mass is 9.69. The summed E-state index contributed by atoms with van der Waals surface area (Å²) < 4.78 is 0. The zero-order valence-electron chi connectivity index (χ0n) is 19.5. The van der Waals surface area contributed by atoms with Gasteiger partial charge in [-0.05, 0) is 85.6 Å². The molecule has 6 heteroatoms. The van der Waals surface area contributed by atoms with E-state index < -0.39 is 0 Å². The molecule has 2 N–H and O–H groups in total. The Kier molecular flexibility index (Phi) is 5.34. The van der Waals surface area contributed by atoms with Crippen molar-refractivity contribution >= 4 is 23.2 Å². The molecule has 2 heterocycles. The Hall–Kier alpha value is -2.63. The fourth-order valence-corrected chi connectivity index (χ4v) is 6.24. The lowest BCUT2D eigenvalue weighted by Crippen LogP contribution is -2.47. The van der Waals surface area contributed by atoms with Crippen molar-refractivity contribution in [2.45, 2.75) is 65.3 Å². The van der Waals surface area contributed by atoms with Crippen LogP contribution in [-0.2, 0) is 0 Å². The number of fused-ring (bicyclic) bond motifs is 2. The van der Waals surface area contributed by atoms with Crippen molar-refractivity contribution in [1.82, 2.24) is 15.3 Å². The van der Waals surface area contributed by atoms with E-state index in [-0.39, 0.29) is 22.8 Å². The summed E-state index contributed by atoms with van der Waals surface area (Å²) in [4.78, 5) is 24.3. The molecule has 2 bridgehead atoms. The van der Waals surface area contributed by atoms with E-state index in [1.807, 2.05) is 0 Å². The fourth-order valence-electron chi connectivity index (χ4n) is 6.24. The summed E-state index contributed by atoms with van der Waals surface area (Å²) in [6.45, 7) is 9.32. The summed E-state index contributed by atoms with van der Waals surface area (Å²) in [5, 5.41) is 6.54. The van der Waals surface area contributed by atoms with Crippen LogP contribution in [0.1, 0.15) is 69.8 Å². The Morgan fingerprint density at radius 2 is 1.81 bits per heavy atom. The van der Waals surface area contributed by atoms with Crippen LogP contribution in [-0.4, -0.2) is 35.0 Å². The second-order valence-electron chi connectivity index (χ2n) is 10.6. The molecule has 2 aromatic rings. The first kappa shape index (κ1) is 21.2. The van der Waals surface area contributed by atoms with Crippen molar-refractivity contribution in [1.29, 1.82) is 0 Å². The first-order chi connectivity index (χ1) is 15.4. The number of aromatic nitrogens is 2. The van der Waals surface area contributed by atoms with Crippen molar-refractivity contribution in [3.8, 4) is 0 Å². The number of benzene rings is 1. The van der Waals surface area contributed by atoms with Gasteiger partial charge in [0.15, 0.2) is 0 Å². The minimum atomic E-state index is -0.106. The number of hydrogen-bond acceptors (Lipinski definition) is 5. The van der Waals surface area contributed by atoms with E-state index >= 15 is 0 Å². The number of piperidine rings is 1. The van der Waals surface area contributed by atoms with Gasteiger partial charge >= 0.3 is 0 Å². The molecule has 6 nitrogen and oxygen atoms in total. The standard InChI is InChI=1S/C26H35N5O/c1-25(2)18-11-13-26(25,3)22(17-18)30-23(32)21-12-14-27-24(29-21)28-19-7-9-20(10-8-19)31-15-5-4-6-16-31/h7-10,12,14,18,22H,4-6,11,13,15-17H2,1-3H3,(H,30,32)(H,27,28,29). The summed E-state index contributed by atoms with van der Waals surface area (Å²) in [6, 6.07) is 10.3. The first-order valence-corrected chi connectivity index (χ1v) is 12.1. The smallest absolute Gasteiger partial charge is 0.270 e. The third kappa shape index (κ3) is 3.63. The molecule has 32 heavy (non-hydrogen) atoms. The van der Waals surface area contributed by atoms with E-state index in [1.54, 1.807) is 12.3 Å². The summed E-state index contributed by atoms with van der Waals surface area (Å²) >= 11 is 0. The number of nitrogens with zero attached hydrogens (tertiary/aromatic N) is 3. The Bertz CT molecular complexity index is 982. The third-order valence-electron chi connectivity index (χ3n) is 8.83. The van der Waals surface area contributed by atoms with Gasteiger partial charge in [0, 0.05) is 36.7 Å². The van der Waals surface area contributed by atoms with Crippen LogP contribution in [0.2, 0.25) is 0 Å². The Labute approximate surface area is 191 Å². The summed E-state index contributed by atoms with van der Waals surface area (Å²) in [5.74, 6) is 1.03. The lowest BCUT2D eigenvalue weighted by molar-refractivity contribution is 0.0821. The Morgan fingerprint density at radius 1 is 1.06 bits per heavy atom. The van der Waals surface area contributed by atoms with Crippen molar-refractivity contribution in [3.05, 3.63) is 42.2 Å². The molecule has 3 atom stereocenters. The van der Waals surface area contributed by atoms with Gasteiger partial charge < -0.3 is 15.5 Å². The van der Waals surface area contributed by atoms with Crippen molar-refractivity contribution in [2.75, 3.05) is 23.3 Å². The van der Waals surface area contributed by atoms with E-state index in [9.17, 15) is 4.79 Å². The highest BCUT2D eigenvalue weighted by molar-refractivity contribution is 5.92. The number of anilines is 3. The van der Waals surface area contributed by atoms with Gasteiger partial charge in [0.2, 0.25) is 5.95 Å². The molecule has 2 saturated carbocycles. The number of amides is 1. The molecule has 0 radical (unpaired) electrons. The molecule has 5 rings (SSSR count). The molecule has 1 amide bonds. The molecule has 1 saturated heterocycles. The van der Waals surface area contributed by atoms with Gasteiger partial charge in [0.05, 0.1) is 0 Å². The number of carbonyl (C=O) groups is 1. The molecule has 0 spiro atoms. The van der Waals surface area contributed by atoms with Crippen LogP contribution in [0.5, 0.6) is 0 Å². The topological polar surface area (TPSA) is 70.2 Å². The number of rotatable bonds is 5. The average Bonchev–Trinajstić information content (AvgIpc) is 3.14. The first-order valence-electron chi connectivity index (χ1n) is 12.1. The van der Waals surface area contributed by atoms with E-state index in [0.717, 1.165) is 25.2 Å². The highest BCUT2D eigenvalue weighted by Crippen LogP contribution is 2.65. The van der Waals surface area contributed by atoms with Crippen LogP contribution in [0.4, 0.5) is 17.3 Å². The second kappa shape index (κ2) is 8.05. The highest BCUT2D eigenvalue weighted by atomic mass is 16.2. The molecule has 3 unspecified atom stereocenters. The second-order valence-corrected chi connectivity index (χ2v) is 10.6. The largest absolute Gasteiger partial charge is 0.372 e. The molecule has 1 aromatic carbocycles. The molecular weight excluding hydrogens is 398 g/mol. The maximum Gasteiger partial charge on any atom is 0.270 e. The zero-order chi connectivity index (χ0) is 22.3. The average molecular weight is 434 g/mol. The number of carbonyl (C=O) groups excluding carboxylic acids is 1. The molecule has 1 aliphatic heterocycles. The fraction of sp³-hybridized carbons (Fsp3) is 0.577.